The van der Waals surface area contributed by atoms with Gasteiger partial charge in [0.1, 0.15) is 0 Å². The summed E-state index contributed by atoms with van der Waals surface area (Å²) in [5.41, 5.74) is 1.98. The fourth-order valence-electron chi connectivity index (χ4n) is 2.25. The molecule has 0 aliphatic heterocycles. The first-order valence-corrected chi connectivity index (χ1v) is 8.92. The van der Waals surface area contributed by atoms with Gasteiger partial charge in [-0.1, -0.05) is 48.2 Å². The molecule has 0 radical (unpaired) electrons. The Hall–Kier alpha value is -2.67. The molecule has 0 bridgehead atoms. The van der Waals surface area contributed by atoms with Crippen molar-refractivity contribution in [2.45, 2.75) is 23.9 Å². The third-order valence-electron chi connectivity index (χ3n) is 3.65. The SMILES string of the molecule is Cn1c(CNC(=O)Cc2ccccn2)nnc1SCc1ccccc1. The van der Waals surface area contributed by atoms with E-state index in [4.69, 9.17) is 0 Å². The smallest absolute Gasteiger partial charge is 0.226 e. The Kier molecular flexibility index (Phi) is 5.79. The van der Waals surface area contributed by atoms with Crippen molar-refractivity contribution in [3.8, 4) is 0 Å². The average Bonchev–Trinajstić information content (AvgIpc) is 3.00. The van der Waals surface area contributed by atoms with Crippen molar-refractivity contribution in [3.63, 3.8) is 0 Å². The molecular weight excluding hydrogens is 334 g/mol. The van der Waals surface area contributed by atoms with Crippen molar-refractivity contribution < 1.29 is 4.79 Å². The predicted molar refractivity (Wildman–Crippen MR) is 96.8 cm³/mol. The highest BCUT2D eigenvalue weighted by molar-refractivity contribution is 7.98. The number of rotatable bonds is 7. The van der Waals surface area contributed by atoms with Crippen LogP contribution in [0.1, 0.15) is 17.1 Å². The van der Waals surface area contributed by atoms with Crippen LogP contribution >= 0.6 is 11.8 Å². The van der Waals surface area contributed by atoms with Crippen molar-refractivity contribution >= 4 is 17.7 Å². The highest BCUT2D eigenvalue weighted by Gasteiger charge is 2.11. The molecule has 2 heterocycles. The summed E-state index contributed by atoms with van der Waals surface area (Å²) in [4.78, 5) is 16.2. The lowest BCUT2D eigenvalue weighted by Crippen LogP contribution is -2.26. The molecule has 0 aliphatic rings. The van der Waals surface area contributed by atoms with Crippen LogP contribution in [0.15, 0.2) is 59.9 Å². The predicted octanol–water partition coefficient (Wildman–Crippen LogP) is 2.36. The molecule has 1 N–H and O–H groups in total. The van der Waals surface area contributed by atoms with E-state index in [-0.39, 0.29) is 12.3 Å². The first kappa shape index (κ1) is 17.2. The highest BCUT2D eigenvalue weighted by Crippen LogP contribution is 2.20. The van der Waals surface area contributed by atoms with Gasteiger partial charge in [-0.15, -0.1) is 10.2 Å². The number of nitrogens with one attached hydrogen (secondary N) is 1. The molecule has 0 saturated heterocycles. The van der Waals surface area contributed by atoms with E-state index in [0.29, 0.717) is 6.54 Å². The number of nitrogens with zero attached hydrogens (tertiary/aromatic N) is 4. The molecule has 0 unspecified atom stereocenters. The summed E-state index contributed by atoms with van der Waals surface area (Å²) < 4.78 is 1.91. The number of pyridine rings is 1. The lowest BCUT2D eigenvalue weighted by Gasteiger charge is -2.06. The maximum absolute atomic E-state index is 12.0. The Morgan fingerprint density at radius 3 is 2.68 bits per heavy atom. The molecule has 128 valence electrons. The zero-order valence-electron chi connectivity index (χ0n) is 13.9. The fourth-order valence-corrected chi connectivity index (χ4v) is 3.14. The van der Waals surface area contributed by atoms with Gasteiger partial charge in [-0.05, 0) is 17.7 Å². The van der Waals surface area contributed by atoms with Crippen LogP contribution in [0.5, 0.6) is 0 Å². The summed E-state index contributed by atoms with van der Waals surface area (Å²) in [5, 5.41) is 12.1. The second-order valence-electron chi connectivity index (χ2n) is 5.51. The minimum atomic E-state index is -0.0832. The van der Waals surface area contributed by atoms with Gasteiger partial charge in [0.2, 0.25) is 5.91 Å². The van der Waals surface area contributed by atoms with Crippen LogP contribution in [-0.4, -0.2) is 25.7 Å². The normalized spacial score (nSPS) is 10.6. The molecule has 1 amide bonds. The fraction of sp³-hybridized carbons (Fsp3) is 0.222. The Morgan fingerprint density at radius 1 is 1.12 bits per heavy atom. The highest BCUT2D eigenvalue weighted by atomic mass is 32.2. The zero-order valence-corrected chi connectivity index (χ0v) is 14.7. The van der Waals surface area contributed by atoms with Gasteiger partial charge in [0, 0.05) is 24.7 Å². The monoisotopic (exact) mass is 353 g/mol. The maximum atomic E-state index is 12.0. The van der Waals surface area contributed by atoms with Gasteiger partial charge in [0.15, 0.2) is 11.0 Å². The third-order valence-corrected chi connectivity index (χ3v) is 4.74. The van der Waals surface area contributed by atoms with Crippen LogP contribution < -0.4 is 5.32 Å². The molecule has 3 rings (SSSR count). The van der Waals surface area contributed by atoms with Crippen molar-refractivity contribution in [1.82, 2.24) is 25.1 Å². The molecule has 7 heteroatoms. The molecular formula is C18H19N5OS. The van der Waals surface area contributed by atoms with Gasteiger partial charge in [0.25, 0.3) is 0 Å². The zero-order chi connectivity index (χ0) is 17.5. The van der Waals surface area contributed by atoms with Gasteiger partial charge in [-0.2, -0.15) is 0 Å². The summed E-state index contributed by atoms with van der Waals surface area (Å²) in [7, 11) is 1.91. The molecule has 1 aromatic carbocycles. The Bertz CT molecular complexity index is 820. The van der Waals surface area contributed by atoms with E-state index in [1.54, 1.807) is 18.0 Å². The lowest BCUT2D eigenvalue weighted by atomic mass is 10.2. The number of hydrogen-bond acceptors (Lipinski definition) is 5. The van der Waals surface area contributed by atoms with Gasteiger partial charge >= 0.3 is 0 Å². The van der Waals surface area contributed by atoms with E-state index in [1.807, 2.05) is 48.0 Å². The summed E-state index contributed by atoms with van der Waals surface area (Å²) in [5.74, 6) is 1.48. The topological polar surface area (TPSA) is 72.7 Å². The molecule has 0 spiro atoms. The van der Waals surface area contributed by atoms with E-state index in [9.17, 15) is 4.79 Å². The molecule has 2 aromatic heterocycles. The van der Waals surface area contributed by atoms with E-state index in [1.165, 1.54) is 5.56 Å². The standard InChI is InChI=1S/C18H19N5OS/c1-23-16(12-20-17(24)11-15-9-5-6-10-19-15)21-22-18(23)25-13-14-7-3-2-4-8-14/h2-10H,11-13H2,1H3,(H,20,24). The van der Waals surface area contributed by atoms with Gasteiger partial charge in [0.05, 0.1) is 13.0 Å². The Balaban J connectivity index is 1.51. The van der Waals surface area contributed by atoms with Crippen LogP contribution in [-0.2, 0) is 30.6 Å². The minimum absolute atomic E-state index is 0.0832. The third kappa shape index (κ3) is 4.90. The summed E-state index contributed by atoms with van der Waals surface area (Å²) in [6, 6.07) is 15.8. The summed E-state index contributed by atoms with van der Waals surface area (Å²) in [6.07, 6.45) is 1.94. The number of thioether (sulfide) groups is 1. The summed E-state index contributed by atoms with van der Waals surface area (Å²) >= 11 is 1.62. The van der Waals surface area contributed by atoms with Crippen LogP contribution in [0.3, 0.4) is 0 Å². The summed E-state index contributed by atoms with van der Waals surface area (Å²) in [6.45, 7) is 0.348. The Labute approximate surface area is 150 Å². The van der Waals surface area contributed by atoms with Crippen molar-refractivity contribution in [2.75, 3.05) is 0 Å². The van der Waals surface area contributed by atoms with Crippen molar-refractivity contribution in [2.24, 2.45) is 7.05 Å². The first-order valence-electron chi connectivity index (χ1n) is 7.94. The number of carbonyl (C=O) groups is 1. The molecule has 0 atom stereocenters. The number of carbonyl (C=O) groups excluding carboxylic acids is 1. The van der Waals surface area contributed by atoms with Crippen molar-refractivity contribution in [1.29, 1.82) is 0 Å². The molecule has 0 fully saturated rings. The van der Waals surface area contributed by atoms with Gasteiger partial charge in [-0.25, -0.2) is 0 Å². The van der Waals surface area contributed by atoms with E-state index < -0.39 is 0 Å². The minimum Gasteiger partial charge on any atom is -0.348 e. The Morgan fingerprint density at radius 2 is 1.92 bits per heavy atom. The van der Waals surface area contributed by atoms with Crippen LogP contribution in [0.4, 0.5) is 0 Å². The van der Waals surface area contributed by atoms with E-state index >= 15 is 0 Å². The lowest BCUT2D eigenvalue weighted by molar-refractivity contribution is -0.120. The van der Waals surface area contributed by atoms with E-state index in [0.717, 1.165) is 22.4 Å². The van der Waals surface area contributed by atoms with E-state index in [2.05, 4.69) is 32.6 Å². The second-order valence-corrected chi connectivity index (χ2v) is 6.45. The van der Waals surface area contributed by atoms with Crippen LogP contribution in [0, 0.1) is 0 Å². The molecule has 6 nitrogen and oxygen atoms in total. The number of benzene rings is 1. The molecule has 0 aliphatic carbocycles. The first-order chi connectivity index (χ1) is 12.2. The number of hydrogen-bond donors (Lipinski definition) is 1. The average molecular weight is 353 g/mol. The molecule has 25 heavy (non-hydrogen) atoms. The second kappa shape index (κ2) is 8.43. The van der Waals surface area contributed by atoms with Crippen LogP contribution in [0.2, 0.25) is 0 Å². The molecule has 0 saturated carbocycles. The number of aromatic nitrogens is 4. The largest absolute Gasteiger partial charge is 0.348 e. The van der Waals surface area contributed by atoms with Gasteiger partial charge < -0.3 is 9.88 Å². The quantitative estimate of drug-likeness (QED) is 0.660. The maximum Gasteiger partial charge on any atom is 0.226 e. The van der Waals surface area contributed by atoms with Gasteiger partial charge in [-0.3, -0.25) is 9.78 Å². The number of amides is 1. The molecule has 3 aromatic rings. The van der Waals surface area contributed by atoms with Crippen LogP contribution in [0.25, 0.3) is 0 Å². The van der Waals surface area contributed by atoms with Crippen molar-refractivity contribution in [3.05, 3.63) is 71.8 Å².